The molecule has 0 aliphatic heterocycles. The van der Waals surface area contributed by atoms with Gasteiger partial charge in [0.1, 0.15) is 0 Å². The highest BCUT2D eigenvalue weighted by Crippen LogP contribution is 2.15. The molecule has 1 aromatic rings. The van der Waals surface area contributed by atoms with Gasteiger partial charge in [0, 0.05) is 10.5 Å². The Morgan fingerprint density at radius 1 is 1.42 bits per heavy atom. The Bertz CT molecular complexity index is 327. The Morgan fingerprint density at radius 2 is 2.17 bits per heavy atom. The zero-order chi connectivity index (χ0) is 8.97. The number of nitriles is 1. The molecule has 0 heterocycles. The van der Waals surface area contributed by atoms with E-state index in [-0.39, 0.29) is 0 Å². The van der Waals surface area contributed by atoms with Gasteiger partial charge in [-0.3, -0.25) is 0 Å². The van der Waals surface area contributed by atoms with E-state index in [2.05, 4.69) is 15.9 Å². The van der Waals surface area contributed by atoms with Crippen molar-refractivity contribution in [1.82, 2.24) is 0 Å². The van der Waals surface area contributed by atoms with Gasteiger partial charge in [0.15, 0.2) is 0 Å². The summed E-state index contributed by atoms with van der Waals surface area (Å²) in [7, 11) is 0. The first kappa shape index (κ1) is 9.02. The summed E-state index contributed by atoms with van der Waals surface area (Å²) in [4.78, 5) is 0. The predicted molar refractivity (Wildman–Crippen MR) is 53.5 cm³/mol. The van der Waals surface area contributed by atoms with Crippen molar-refractivity contribution in [2.45, 2.75) is 6.92 Å². The smallest absolute Gasteiger partial charge is 0.0912 e. The molecule has 0 saturated carbocycles. The highest BCUT2D eigenvalue weighted by atomic mass is 79.9. The van der Waals surface area contributed by atoms with Gasteiger partial charge in [-0.2, -0.15) is 5.26 Å². The number of hydrogen-bond acceptors (Lipinski definition) is 1. The summed E-state index contributed by atoms with van der Waals surface area (Å²) >= 11 is 3.39. The molecule has 0 aromatic heterocycles. The molecular formula is C10H8BrN. The van der Waals surface area contributed by atoms with Gasteiger partial charge in [-0.25, -0.2) is 0 Å². The largest absolute Gasteiger partial charge is 0.193 e. The Balaban J connectivity index is 3.03. The van der Waals surface area contributed by atoms with Gasteiger partial charge in [0.2, 0.25) is 0 Å². The van der Waals surface area contributed by atoms with Crippen LogP contribution < -0.4 is 0 Å². The van der Waals surface area contributed by atoms with Crippen LogP contribution in [0, 0.1) is 18.3 Å². The quantitative estimate of drug-likeness (QED) is 0.668. The molecule has 2 heteroatoms. The molecular weight excluding hydrogens is 214 g/mol. The summed E-state index contributed by atoms with van der Waals surface area (Å²) in [6, 6.07) is 7.99. The Morgan fingerprint density at radius 3 is 2.75 bits per heavy atom. The van der Waals surface area contributed by atoms with Crippen molar-refractivity contribution in [3.8, 4) is 6.07 Å². The van der Waals surface area contributed by atoms with Gasteiger partial charge >= 0.3 is 0 Å². The molecule has 0 spiro atoms. The molecule has 0 fully saturated rings. The Kier molecular flexibility index (Phi) is 3.07. The van der Waals surface area contributed by atoms with E-state index in [9.17, 15) is 0 Å². The number of allylic oxidation sites excluding steroid dienone is 1. The predicted octanol–water partition coefficient (Wildman–Crippen LogP) is 3.29. The number of halogens is 1. The molecule has 1 rings (SSSR count). The molecule has 0 radical (unpaired) electrons. The Labute approximate surface area is 80.5 Å². The monoisotopic (exact) mass is 221 g/mol. The van der Waals surface area contributed by atoms with Gasteiger partial charge < -0.3 is 0 Å². The lowest BCUT2D eigenvalue weighted by molar-refractivity contribution is 1.44. The van der Waals surface area contributed by atoms with Crippen molar-refractivity contribution in [1.29, 1.82) is 5.26 Å². The van der Waals surface area contributed by atoms with Crippen molar-refractivity contribution >= 4 is 22.0 Å². The lowest BCUT2D eigenvalue weighted by Crippen LogP contribution is -1.76. The average Bonchev–Trinajstić information content (AvgIpc) is 1.99. The minimum Gasteiger partial charge on any atom is -0.193 e. The minimum atomic E-state index is 1.04. The van der Waals surface area contributed by atoms with Gasteiger partial charge in [-0.15, -0.1) is 0 Å². The second kappa shape index (κ2) is 4.08. The molecule has 60 valence electrons. The fourth-order valence-corrected chi connectivity index (χ4v) is 1.62. The van der Waals surface area contributed by atoms with Crippen LogP contribution in [0.25, 0.3) is 6.08 Å². The van der Waals surface area contributed by atoms with Crippen LogP contribution in [0.2, 0.25) is 0 Å². The summed E-state index contributed by atoms with van der Waals surface area (Å²) in [5.74, 6) is 0. The van der Waals surface area contributed by atoms with Crippen molar-refractivity contribution < 1.29 is 0 Å². The summed E-state index contributed by atoms with van der Waals surface area (Å²) in [5.41, 5.74) is 2.23. The lowest BCUT2D eigenvalue weighted by Gasteiger charge is -1.97. The van der Waals surface area contributed by atoms with Crippen LogP contribution in [-0.4, -0.2) is 0 Å². The zero-order valence-corrected chi connectivity index (χ0v) is 8.30. The van der Waals surface area contributed by atoms with Crippen LogP contribution >= 0.6 is 15.9 Å². The van der Waals surface area contributed by atoms with E-state index in [1.165, 1.54) is 11.6 Å². The van der Waals surface area contributed by atoms with E-state index in [1.807, 2.05) is 31.2 Å². The van der Waals surface area contributed by atoms with E-state index in [1.54, 1.807) is 6.08 Å². The maximum absolute atomic E-state index is 8.32. The third-order valence-corrected chi connectivity index (χ3v) is 1.87. The van der Waals surface area contributed by atoms with Crippen molar-refractivity contribution in [2.24, 2.45) is 0 Å². The fourth-order valence-electron chi connectivity index (χ4n) is 0.994. The number of hydrogen-bond donors (Lipinski definition) is 0. The van der Waals surface area contributed by atoms with E-state index in [0.29, 0.717) is 0 Å². The highest BCUT2D eigenvalue weighted by Gasteiger charge is 1.91. The van der Waals surface area contributed by atoms with Crippen LogP contribution in [-0.2, 0) is 0 Å². The molecule has 0 saturated heterocycles. The minimum absolute atomic E-state index is 1.04. The van der Waals surface area contributed by atoms with Crippen molar-refractivity contribution in [3.05, 3.63) is 39.9 Å². The van der Waals surface area contributed by atoms with E-state index in [0.717, 1.165) is 10.0 Å². The Hall–Kier alpha value is -1.07. The molecule has 0 amide bonds. The van der Waals surface area contributed by atoms with Gasteiger partial charge in [-0.1, -0.05) is 22.0 Å². The third-order valence-electron chi connectivity index (χ3n) is 1.41. The summed E-state index contributed by atoms with van der Waals surface area (Å²) in [6.45, 7) is 2.02. The van der Waals surface area contributed by atoms with Gasteiger partial charge in [0.25, 0.3) is 0 Å². The molecule has 0 aliphatic carbocycles. The van der Waals surface area contributed by atoms with Crippen molar-refractivity contribution in [2.75, 3.05) is 0 Å². The van der Waals surface area contributed by atoms with Crippen LogP contribution in [0.3, 0.4) is 0 Å². The number of aryl methyl sites for hydroxylation is 1. The highest BCUT2D eigenvalue weighted by molar-refractivity contribution is 9.10. The number of benzene rings is 1. The molecule has 0 atom stereocenters. The van der Waals surface area contributed by atoms with Crippen molar-refractivity contribution in [3.63, 3.8) is 0 Å². The lowest BCUT2D eigenvalue weighted by atomic mass is 10.1. The summed E-state index contributed by atoms with van der Waals surface area (Å²) in [5, 5.41) is 8.32. The number of nitrogens with zero attached hydrogens (tertiary/aromatic N) is 1. The fraction of sp³-hybridized carbons (Fsp3) is 0.100. The first-order valence-electron chi connectivity index (χ1n) is 3.56. The second-order valence-electron chi connectivity index (χ2n) is 2.52. The SMILES string of the molecule is Cc1cc(Br)cc(C=CC#N)c1. The number of rotatable bonds is 1. The first-order chi connectivity index (χ1) is 5.72. The summed E-state index contributed by atoms with van der Waals surface area (Å²) in [6.07, 6.45) is 3.26. The molecule has 0 aliphatic rings. The van der Waals surface area contributed by atoms with Gasteiger partial charge in [-0.05, 0) is 36.3 Å². The second-order valence-corrected chi connectivity index (χ2v) is 3.44. The first-order valence-corrected chi connectivity index (χ1v) is 4.35. The molecule has 0 N–H and O–H groups in total. The molecule has 12 heavy (non-hydrogen) atoms. The third kappa shape index (κ3) is 2.52. The maximum atomic E-state index is 8.32. The standard InChI is InChI=1S/C10H8BrN/c1-8-5-9(3-2-4-12)7-10(11)6-8/h2-3,5-7H,1H3. The van der Waals surface area contributed by atoms with Gasteiger partial charge in [0.05, 0.1) is 6.07 Å². The molecule has 1 aromatic carbocycles. The molecule has 0 bridgehead atoms. The van der Waals surface area contributed by atoms with Crippen LogP contribution in [0.1, 0.15) is 11.1 Å². The van der Waals surface area contributed by atoms with Crippen LogP contribution in [0.4, 0.5) is 0 Å². The van der Waals surface area contributed by atoms with Crippen LogP contribution in [0.15, 0.2) is 28.7 Å². The molecule has 0 unspecified atom stereocenters. The summed E-state index contributed by atoms with van der Waals surface area (Å²) < 4.78 is 1.04. The molecule has 1 nitrogen and oxygen atoms in total. The zero-order valence-electron chi connectivity index (χ0n) is 6.71. The maximum Gasteiger partial charge on any atom is 0.0912 e. The van der Waals surface area contributed by atoms with Crippen LogP contribution in [0.5, 0.6) is 0 Å². The normalized spacial score (nSPS) is 10.1. The van der Waals surface area contributed by atoms with E-state index < -0.39 is 0 Å². The van der Waals surface area contributed by atoms with E-state index >= 15 is 0 Å². The average molecular weight is 222 g/mol. The topological polar surface area (TPSA) is 23.8 Å². The van der Waals surface area contributed by atoms with E-state index in [4.69, 9.17) is 5.26 Å².